The number of benzene rings is 2. The van der Waals surface area contributed by atoms with Gasteiger partial charge in [-0.05, 0) is 66.9 Å². The van der Waals surface area contributed by atoms with E-state index in [4.69, 9.17) is 4.98 Å². The van der Waals surface area contributed by atoms with Crippen LogP contribution in [-0.4, -0.2) is 28.9 Å². The molecule has 0 radical (unpaired) electrons. The predicted molar refractivity (Wildman–Crippen MR) is 121 cm³/mol. The number of nitrogens with zero attached hydrogens (tertiary/aromatic N) is 2. The molecule has 5 heteroatoms. The van der Waals surface area contributed by atoms with Crippen molar-refractivity contribution in [2.75, 3.05) is 18.4 Å². The molecule has 1 atom stereocenters. The van der Waals surface area contributed by atoms with Crippen molar-refractivity contribution in [3.8, 4) is 0 Å². The molecule has 31 heavy (non-hydrogen) atoms. The average molecular weight is 418 g/mol. The number of likely N-dealkylation sites (tertiary alicyclic amines) is 1. The molecule has 0 saturated carbocycles. The summed E-state index contributed by atoms with van der Waals surface area (Å²) in [5, 5.41) is 2.81. The summed E-state index contributed by atoms with van der Waals surface area (Å²) in [4.78, 5) is 18.6. The molecular weight excluding hydrogens is 389 g/mol. The molecule has 0 unspecified atom stereocenters. The first-order chi connectivity index (χ1) is 15.0. The molecular formula is C26H28FN3O. The van der Waals surface area contributed by atoms with Gasteiger partial charge >= 0.3 is 0 Å². The van der Waals surface area contributed by atoms with Crippen molar-refractivity contribution in [3.63, 3.8) is 0 Å². The third kappa shape index (κ3) is 5.98. The van der Waals surface area contributed by atoms with Crippen molar-refractivity contribution >= 4 is 11.6 Å². The lowest BCUT2D eigenvalue weighted by molar-refractivity contribution is -0.114. The number of rotatable bonds is 6. The Bertz CT molecular complexity index is 1030. The van der Waals surface area contributed by atoms with Gasteiger partial charge in [-0.2, -0.15) is 0 Å². The van der Waals surface area contributed by atoms with Gasteiger partial charge < -0.3 is 5.32 Å². The van der Waals surface area contributed by atoms with E-state index in [0.717, 1.165) is 55.1 Å². The minimum absolute atomic E-state index is 0.0567. The Morgan fingerprint density at radius 1 is 1.10 bits per heavy atom. The number of hydrogen-bond donors (Lipinski definition) is 1. The molecule has 3 aromatic rings. The standard InChI is InChI=1S/C26H28FN3O/c1-19(31)28-24-12-10-20(11-13-24)17-30-14-4-6-22(18-30)26-9-3-8-25(29-26)16-21-5-2-7-23(27)15-21/h2-3,5,7-13,15,22H,4,6,14,16-18H2,1H3,(H,28,31)/t22-/m1/s1. The lowest BCUT2D eigenvalue weighted by Crippen LogP contribution is -2.34. The van der Waals surface area contributed by atoms with Gasteiger partial charge in [0.15, 0.2) is 0 Å². The second kappa shape index (κ2) is 9.84. The van der Waals surface area contributed by atoms with Crippen LogP contribution in [0.5, 0.6) is 0 Å². The number of carbonyl (C=O) groups excluding carboxylic acids is 1. The predicted octanol–water partition coefficient (Wildman–Crippen LogP) is 5.15. The molecule has 1 amide bonds. The van der Waals surface area contributed by atoms with Gasteiger partial charge in [-0.15, -0.1) is 0 Å². The first-order valence-corrected chi connectivity index (χ1v) is 10.8. The van der Waals surface area contributed by atoms with Crippen molar-refractivity contribution in [3.05, 3.63) is 95.1 Å². The molecule has 1 N–H and O–H groups in total. The Labute approximate surface area is 183 Å². The van der Waals surface area contributed by atoms with E-state index in [0.29, 0.717) is 12.3 Å². The Morgan fingerprint density at radius 3 is 2.68 bits per heavy atom. The number of hydrogen-bond acceptors (Lipinski definition) is 3. The number of nitrogens with one attached hydrogen (secondary N) is 1. The van der Waals surface area contributed by atoms with E-state index in [9.17, 15) is 9.18 Å². The van der Waals surface area contributed by atoms with Crippen LogP contribution in [0.2, 0.25) is 0 Å². The van der Waals surface area contributed by atoms with Gasteiger partial charge in [0, 0.05) is 49.4 Å². The molecule has 1 aliphatic heterocycles. The number of anilines is 1. The fourth-order valence-corrected chi connectivity index (χ4v) is 4.28. The van der Waals surface area contributed by atoms with Crippen molar-refractivity contribution in [2.24, 2.45) is 0 Å². The Kier molecular flexibility index (Phi) is 6.73. The van der Waals surface area contributed by atoms with Crippen molar-refractivity contribution in [1.82, 2.24) is 9.88 Å². The topological polar surface area (TPSA) is 45.2 Å². The van der Waals surface area contributed by atoms with Gasteiger partial charge in [-0.25, -0.2) is 4.39 Å². The molecule has 1 aliphatic rings. The maximum atomic E-state index is 13.5. The van der Waals surface area contributed by atoms with Crippen LogP contribution in [0.1, 0.15) is 48.2 Å². The molecule has 2 heterocycles. The molecule has 0 aliphatic carbocycles. The summed E-state index contributed by atoms with van der Waals surface area (Å²) in [6.07, 6.45) is 2.92. The van der Waals surface area contributed by atoms with Gasteiger partial charge in [-0.3, -0.25) is 14.7 Å². The fraction of sp³-hybridized carbons (Fsp3) is 0.308. The van der Waals surface area contributed by atoms with Crippen LogP contribution >= 0.6 is 0 Å². The number of carbonyl (C=O) groups is 1. The fourth-order valence-electron chi connectivity index (χ4n) is 4.28. The quantitative estimate of drug-likeness (QED) is 0.603. The Balaban J connectivity index is 1.39. The van der Waals surface area contributed by atoms with Gasteiger partial charge in [0.1, 0.15) is 5.82 Å². The first kappa shape index (κ1) is 21.2. The van der Waals surface area contributed by atoms with Crippen molar-refractivity contribution < 1.29 is 9.18 Å². The highest BCUT2D eigenvalue weighted by atomic mass is 19.1. The van der Waals surface area contributed by atoms with Crippen molar-refractivity contribution in [1.29, 1.82) is 0 Å². The summed E-state index contributed by atoms with van der Waals surface area (Å²) in [6, 6.07) is 21.0. The monoisotopic (exact) mass is 417 g/mol. The molecule has 4 rings (SSSR count). The summed E-state index contributed by atoms with van der Waals surface area (Å²) >= 11 is 0. The second-order valence-corrected chi connectivity index (χ2v) is 8.31. The van der Waals surface area contributed by atoms with Gasteiger partial charge in [0.2, 0.25) is 5.91 Å². The van der Waals surface area contributed by atoms with E-state index in [1.54, 1.807) is 12.1 Å². The minimum atomic E-state index is -0.207. The first-order valence-electron chi connectivity index (χ1n) is 10.8. The van der Waals surface area contributed by atoms with Gasteiger partial charge in [0.25, 0.3) is 0 Å². The molecule has 4 nitrogen and oxygen atoms in total. The summed E-state index contributed by atoms with van der Waals surface area (Å²) in [7, 11) is 0. The van der Waals surface area contributed by atoms with E-state index < -0.39 is 0 Å². The average Bonchev–Trinajstić information content (AvgIpc) is 2.75. The van der Waals surface area contributed by atoms with E-state index in [-0.39, 0.29) is 11.7 Å². The third-order valence-corrected chi connectivity index (χ3v) is 5.71. The second-order valence-electron chi connectivity index (χ2n) is 8.31. The van der Waals surface area contributed by atoms with Crippen LogP contribution in [0.4, 0.5) is 10.1 Å². The molecule has 2 aromatic carbocycles. The van der Waals surface area contributed by atoms with Crippen LogP contribution in [0.15, 0.2) is 66.7 Å². The summed E-state index contributed by atoms with van der Waals surface area (Å²) in [6.45, 7) is 4.46. The zero-order valence-electron chi connectivity index (χ0n) is 17.9. The maximum absolute atomic E-state index is 13.5. The summed E-state index contributed by atoms with van der Waals surface area (Å²) in [5.74, 6) is 0.139. The normalized spacial score (nSPS) is 16.8. The molecule has 0 spiro atoms. The lowest BCUT2D eigenvalue weighted by atomic mass is 9.93. The van der Waals surface area contributed by atoms with E-state index >= 15 is 0 Å². The summed E-state index contributed by atoms with van der Waals surface area (Å²) < 4.78 is 13.5. The van der Waals surface area contributed by atoms with Gasteiger partial charge in [-0.1, -0.05) is 30.3 Å². The highest BCUT2D eigenvalue weighted by Crippen LogP contribution is 2.27. The zero-order chi connectivity index (χ0) is 21.6. The number of pyridine rings is 1. The van der Waals surface area contributed by atoms with Crippen LogP contribution in [0.25, 0.3) is 0 Å². The number of aromatic nitrogens is 1. The van der Waals surface area contributed by atoms with Crippen LogP contribution in [0.3, 0.4) is 0 Å². The lowest BCUT2D eigenvalue weighted by Gasteiger charge is -2.32. The number of piperidine rings is 1. The van der Waals surface area contributed by atoms with Crippen LogP contribution in [-0.2, 0) is 17.8 Å². The third-order valence-electron chi connectivity index (χ3n) is 5.71. The van der Waals surface area contributed by atoms with E-state index in [1.807, 2.05) is 24.3 Å². The maximum Gasteiger partial charge on any atom is 0.221 e. The number of amides is 1. The molecule has 1 fully saturated rings. The molecule has 160 valence electrons. The highest BCUT2D eigenvalue weighted by molar-refractivity contribution is 5.88. The Hall–Kier alpha value is -3.05. The van der Waals surface area contributed by atoms with E-state index in [2.05, 4.69) is 34.5 Å². The number of halogens is 1. The van der Waals surface area contributed by atoms with Crippen LogP contribution in [0, 0.1) is 5.82 Å². The minimum Gasteiger partial charge on any atom is -0.326 e. The summed E-state index contributed by atoms with van der Waals surface area (Å²) in [5.41, 5.74) is 5.11. The molecule has 0 bridgehead atoms. The SMILES string of the molecule is CC(=O)Nc1ccc(CN2CCC[C@@H](c3cccc(Cc4cccc(F)c4)n3)C2)cc1. The molecule has 1 aromatic heterocycles. The van der Waals surface area contributed by atoms with Crippen LogP contribution < -0.4 is 5.32 Å². The zero-order valence-corrected chi connectivity index (χ0v) is 17.9. The highest BCUT2D eigenvalue weighted by Gasteiger charge is 2.22. The van der Waals surface area contributed by atoms with Gasteiger partial charge in [0.05, 0.1) is 0 Å². The van der Waals surface area contributed by atoms with Crippen molar-refractivity contribution in [2.45, 2.75) is 38.6 Å². The molecule has 1 saturated heterocycles. The Morgan fingerprint density at radius 2 is 1.90 bits per heavy atom. The van der Waals surface area contributed by atoms with E-state index in [1.165, 1.54) is 18.6 Å². The smallest absolute Gasteiger partial charge is 0.221 e. The largest absolute Gasteiger partial charge is 0.326 e.